The number of aliphatic hydroxyl groups is 1. The van der Waals surface area contributed by atoms with E-state index in [9.17, 15) is 5.11 Å². The van der Waals surface area contributed by atoms with Crippen LogP contribution in [0, 0.1) is 0 Å². The molecule has 2 N–H and O–H groups in total. The molecule has 1 aromatic heterocycles. The topological polar surface area (TPSA) is 70.5 Å². The largest absolute Gasteiger partial charge is 0.391 e. The Morgan fingerprint density at radius 1 is 1.40 bits per heavy atom. The van der Waals surface area contributed by atoms with Crippen molar-refractivity contribution in [2.75, 3.05) is 31.4 Å². The molecule has 0 amide bonds. The minimum atomic E-state index is -0.285. The SMILES string of the molecule is CNc1cc(N(C)C2CCCCC2O)nc(COC)n1. The lowest BCUT2D eigenvalue weighted by Gasteiger charge is -2.36. The monoisotopic (exact) mass is 280 g/mol. The summed E-state index contributed by atoms with van der Waals surface area (Å²) >= 11 is 0. The van der Waals surface area contributed by atoms with E-state index in [1.54, 1.807) is 7.11 Å². The molecule has 2 atom stereocenters. The minimum absolute atomic E-state index is 0.124. The zero-order chi connectivity index (χ0) is 14.5. The summed E-state index contributed by atoms with van der Waals surface area (Å²) in [5, 5.41) is 13.2. The van der Waals surface area contributed by atoms with E-state index in [0.29, 0.717) is 12.4 Å². The molecule has 112 valence electrons. The van der Waals surface area contributed by atoms with Crippen molar-refractivity contribution < 1.29 is 9.84 Å². The van der Waals surface area contributed by atoms with Gasteiger partial charge in [0, 0.05) is 27.3 Å². The zero-order valence-electron chi connectivity index (χ0n) is 12.5. The number of ether oxygens (including phenoxy) is 1. The van der Waals surface area contributed by atoms with Crippen molar-refractivity contribution in [1.82, 2.24) is 9.97 Å². The van der Waals surface area contributed by atoms with Gasteiger partial charge < -0.3 is 20.1 Å². The van der Waals surface area contributed by atoms with Gasteiger partial charge in [-0.2, -0.15) is 0 Å². The predicted molar refractivity (Wildman–Crippen MR) is 79.0 cm³/mol. The fourth-order valence-corrected chi connectivity index (χ4v) is 2.70. The van der Waals surface area contributed by atoms with Gasteiger partial charge in [0.15, 0.2) is 5.82 Å². The number of likely N-dealkylation sites (N-methyl/N-ethyl adjacent to an activating group) is 1. The fraction of sp³-hybridized carbons (Fsp3) is 0.714. The van der Waals surface area contributed by atoms with Crippen LogP contribution >= 0.6 is 0 Å². The predicted octanol–water partition coefficient (Wildman–Crippen LogP) is 1.40. The summed E-state index contributed by atoms with van der Waals surface area (Å²) in [7, 11) is 5.44. The Morgan fingerprint density at radius 2 is 2.15 bits per heavy atom. The molecule has 0 saturated heterocycles. The number of methoxy groups -OCH3 is 1. The number of rotatable bonds is 5. The summed E-state index contributed by atoms with van der Waals surface area (Å²) in [6, 6.07) is 2.03. The zero-order valence-corrected chi connectivity index (χ0v) is 12.5. The van der Waals surface area contributed by atoms with Crippen molar-refractivity contribution in [2.45, 2.75) is 44.4 Å². The molecule has 0 aromatic carbocycles. The van der Waals surface area contributed by atoms with Gasteiger partial charge in [0.2, 0.25) is 0 Å². The summed E-state index contributed by atoms with van der Waals surface area (Å²) in [6.45, 7) is 0.379. The highest BCUT2D eigenvalue weighted by molar-refractivity contribution is 5.49. The molecule has 1 aromatic rings. The molecule has 1 heterocycles. The lowest BCUT2D eigenvalue weighted by molar-refractivity contribution is 0.106. The second-order valence-corrected chi connectivity index (χ2v) is 5.24. The van der Waals surface area contributed by atoms with E-state index in [4.69, 9.17) is 4.74 Å². The van der Waals surface area contributed by atoms with Crippen LogP contribution in [0.3, 0.4) is 0 Å². The Hall–Kier alpha value is -1.40. The third-order valence-corrected chi connectivity index (χ3v) is 3.84. The lowest BCUT2D eigenvalue weighted by atomic mass is 9.91. The molecule has 1 saturated carbocycles. The van der Waals surface area contributed by atoms with Crippen molar-refractivity contribution in [2.24, 2.45) is 0 Å². The van der Waals surface area contributed by atoms with Gasteiger partial charge in [-0.1, -0.05) is 12.8 Å². The maximum absolute atomic E-state index is 10.2. The van der Waals surface area contributed by atoms with Crippen molar-refractivity contribution in [3.05, 3.63) is 11.9 Å². The van der Waals surface area contributed by atoms with E-state index >= 15 is 0 Å². The van der Waals surface area contributed by atoms with Gasteiger partial charge in [0.1, 0.15) is 18.2 Å². The third-order valence-electron chi connectivity index (χ3n) is 3.84. The number of hydrogen-bond donors (Lipinski definition) is 2. The first kappa shape index (κ1) is 15.0. The molecule has 0 aliphatic heterocycles. The first-order valence-corrected chi connectivity index (χ1v) is 7.11. The average Bonchev–Trinajstić information content (AvgIpc) is 2.47. The van der Waals surface area contributed by atoms with Gasteiger partial charge in [0.25, 0.3) is 0 Å². The normalized spacial score (nSPS) is 22.6. The number of hydrogen-bond acceptors (Lipinski definition) is 6. The van der Waals surface area contributed by atoms with Crippen LogP contribution in [0.15, 0.2) is 6.07 Å². The minimum Gasteiger partial charge on any atom is -0.391 e. The molecule has 0 radical (unpaired) electrons. The van der Waals surface area contributed by atoms with E-state index in [0.717, 1.165) is 37.3 Å². The van der Waals surface area contributed by atoms with Crippen LogP contribution in [0.5, 0.6) is 0 Å². The van der Waals surface area contributed by atoms with Gasteiger partial charge in [-0.25, -0.2) is 9.97 Å². The van der Waals surface area contributed by atoms with Crippen molar-refractivity contribution >= 4 is 11.6 Å². The molecule has 0 bridgehead atoms. The van der Waals surface area contributed by atoms with E-state index in [1.807, 2.05) is 20.2 Å². The van der Waals surface area contributed by atoms with Gasteiger partial charge in [-0.15, -0.1) is 0 Å². The molecule has 6 heteroatoms. The Balaban J connectivity index is 2.23. The Bertz CT molecular complexity index is 441. The summed E-state index contributed by atoms with van der Waals surface area (Å²) in [4.78, 5) is 10.9. The number of aliphatic hydroxyl groups excluding tert-OH is 1. The lowest BCUT2D eigenvalue weighted by Crippen LogP contribution is -2.44. The number of nitrogens with zero attached hydrogens (tertiary/aromatic N) is 3. The van der Waals surface area contributed by atoms with Crippen LogP contribution in [-0.4, -0.2) is 48.4 Å². The fourth-order valence-electron chi connectivity index (χ4n) is 2.70. The van der Waals surface area contributed by atoms with Crippen LogP contribution in [0.1, 0.15) is 31.5 Å². The summed E-state index contributed by atoms with van der Waals surface area (Å²) < 4.78 is 5.11. The van der Waals surface area contributed by atoms with Crippen LogP contribution < -0.4 is 10.2 Å². The summed E-state index contributed by atoms with van der Waals surface area (Å²) in [5.74, 6) is 2.23. The maximum Gasteiger partial charge on any atom is 0.158 e. The second kappa shape index (κ2) is 6.85. The number of anilines is 2. The molecule has 1 aliphatic carbocycles. The molecule has 0 spiro atoms. The van der Waals surface area contributed by atoms with E-state index in [2.05, 4.69) is 20.2 Å². The maximum atomic E-state index is 10.2. The Labute approximate surface area is 120 Å². The summed E-state index contributed by atoms with van der Waals surface area (Å²) in [6.07, 6.45) is 3.83. The van der Waals surface area contributed by atoms with Crippen molar-refractivity contribution in [1.29, 1.82) is 0 Å². The molecule has 20 heavy (non-hydrogen) atoms. The van der Waals surface area contributed by atoms with Crippen LogP contribution in [-0.2, 0) is 11.3 Å². The van der Waals surface area contributed by atoms with Gasteiger partial charge in [0.05, 0.1) is 12.1 Å². The highest BCUT2D eigenvalue weighted by Crippen LogP contribution is 2.26. The number of aromatic nitrogens is 2. The van der Waals surface area contributed by atoms with Gasteiger partial charge in [-0.3, -0.25) is 0 Å². The summed E-state index contributed by atoms with van der Waals surface area (Å²) in [5.41, 5.74) is 0. The van der Waals surface area contributed by atoms with E-state index in [1.165, 1.54) is 0 Å². The van der Waals surface area contributed by atoms with E-state index in [-0.39, 0.29) is 12.1 Å². The van der Waals surface area contributed by atoms with Gasteiger partial charge >= 0.3 is 0 Å². The molecular weight excluding hydrogens is 256 g/mol. The first-order valence-electron chi connectivity index (χ1n) is 7.11. The Kier molecular flexibility index (Phi) is 5.14. The first-order chi connectivity index (χ1) is 9.65. The molecular formula is C14H24N4O2. The molecule has 1 aliphatic rings. The van der Waals surface area contributed by atoms with E-state index < -0.39 is 0 Å². The smallest absolute Gasteiger partial charge is 0.158 e. The molecule has 6 nitrogen and oxygen atoms in total. The third kappa shape index (κ3) is 3.37. The van der Waals surface area contributed by atoms with Gasteiger partial charge in [-0.05, 0) is 12.8 Å². The molecule has 2 rings (SSSR count). The quantitative estimate of drug-likeness (QED) is 0.849. The van der Waals surface area contributed by atoms with Crippen LogP contribution in [0.25, 0.3) is 0 Å². The van der Waals surface area contributed by atoms with Crippen LogP contribution in [0.2, 0.25) is 0 Å². The number of nitrogens with one attached hydrogen (secondary N) is 1. The standard InChI is InChI=1S/C14H24N4O2/c1-15-12-8-14(17-13(16-12)9-20-3)18(2)10-6-4-5-7-11(10)19/h8,10-11,19H,4-7,9H2,1-3H3,(H,15,16,17). The molecule has 1 fully saturated rings. The van der Waals surface area contributed by atoms with Crippen LogP contribution in [0.4, 0.5) is 11.6 Å². The second-order valence-electron chi connectivity index (χ2n) is 5.24. The average molecular weight is 280 g/mol. The molecule has 2 unspecified atom stereocenters. The Morgan fingerprint density at radius 3 is 2.80 bits per heavy atom. The highest BCUT2D eigenvalue weighted by atomic mass is 16.5. The van der Waals surface area contributed by atoms with Crippen molar-refractivity contribution in [3.63, 3.8) is 0 Å². The van der Waals surface area contributed by atoms with Crippen molar-refractivity contribution in [3.8, 4) is 0 Å². The highest BCUT2D eigenvalue weighted by Gasteiger charge is 2.27.